The number of urea groups is 1. The first kappa shape index (κ1) is 9.30. The summed E-state index contributed by atoms with van der Waals surface area (Å²) in [4.78, 5) is 13.5. The largest absolute Gasteiger partial charge is 0.340 e. The Hall–Kier alpha value is -2.26. The van der Waals surface area contributed by atoms with Crippen molar-refractivity contribution in [1.29, 1.82) is 0 Å². The summed E-state index contributed by atoms with van der Waals surface area (Å²) in [5.41, 5.74) is 10.2. The van der Waals surface area contributed by atoms with E-state index in [9.17, 15) is 4.79 Å². The van der Waals surface area contributed by atoms with Crippen LogP contribution in [0.2, 0.25) is 0 Å². The van der Waals surface area contributed by atoms with Crippen molar-refractivity contribution < 1.29 is 4.79 Å². The Labute approximate surface area is 86.0 Å². The number of carbonyl (C=O) groups excluding carboxylic acids is 1. The average Bonchev–Trinajstić information content (AvgIpc) is 2.62. The van der Waals surface area contributed by atoms with Crippen molar-refractivity contribution >= 4 is 12.1 Å². The molecular weight excluding hydrogens is 192 g/mol. The molecule has 0 saturated heterocycles. The van der Waals surface area contributed by atoms with Gasteiger partial charge in [-0.3, -0.25) is 4.79 Å². The van der Waals surface area contributed by atoms with E-state index in [-0.39, 0.29) is 6.04 Å². The van der Waals surface area contributed by atoms with Gasteiger partial charge in [0.05, 0.1) is 6.04 Å². The van der Waals surface area contributed by atoms with Crippen LogP contribution in [0.3, 0.4) is 0 Å². The summed E-state index contributed by atoms with van der Waals surface area (Å²) < 4.78 is 0. The van der Waals surface area contributed by atoms with E-state index in [1.807, 2.05) is 36.4 Å². The Morgan fingerprint density at radius 3 is 3.07 bits per heavy atom. The summed E-state index contributed by atoms with van der Waals surface area (Å²) in [6.45, 7) is 0. The third kappa shape index (κ3) is 1.82. The topological polar surface area (TPSA) is 77.9 Å². The van der Waals surface area contributed by atoms with Crippen LogP contribution in [0.25, 0.3) is 16.5 Å². The fourth-order valence-electron chi connectivity index (χ4n) is 1.58. The molecule has 0 aliphatic heterocycles. The molecule has 1 aliphatic carbocycles. The number of hydrogen-bond donors (Lipinski definition) is 1. The van der Waals surface area contributed by atoms with Gasteiger partial charge in [0.25, 0.3) is 0 Å². The Morgan fingerprint density at radius 2 is 2.27 bits per heavy atom. The third-order valence-electron chi connectivity index (χ3n) is 2.21. The van der Waals surface area contributed by atoms with Gasteiger partial charge in [0.15, 0.2) is 0 Å². The van der Waals surface area contributed by atoms with Crippen LogP contribution in [0.5, 0.6) is 0 Å². The van der Waals surface area contributed by atoms with Gasteiger partial charge >= 0.3 is 6.03 Å². The maximum atomic E-state index is 11.0. The summed E-state index contributed by atoms with van der Waals surface area (Å²) >= 11 is 0. The zero-order chi connectivity index (χ0) is 10.7. The Bertz CT molecular complexity index is 474. The van der Waals surface area contributed by atoms with Gasteiger partial charge in [0.1, 0.15) is 0 Å². The highest BCUT2D eigenvalue weighted by atomic mass is 16.2. The number of benzene rings is 1. The molecule has 2 rings (SSSR count). The van der Waals surface area contributed by atoms with Gasteiger partial charge in [0.2, 0.25) is 0 Å². The lowest BCUT2D eigenvalue weighted by atomic mass is 10.1. The summed E-state index contributed by atoms with van der Waals surface area (Å²) in [5.74, 6) is 0. The van der Waals surface area contributed by atoms with Gasteiger partial charge in [-0.25, -0.2) is 0 Å². The van der Waals surface area contributed by atoms with Crippen LogP contribution >= 0.6 is 0 Å². The van der Waals surface area contributed by atoms with E-state index in [0.717, 1.165) is 11.1 Å². The van der Waals surface area contributed by atoms with Crippen LogP contribution < -0.4 is 5.32 Å². The predicted molar refractivity (Wildman–Crippen MR) is 55.9 cm³/mol. The summed E-state index contributed by atoms with van der Waals surface area (Å²) in [5, 5.41) is 5.55. The molecule has 5 heteroatoms. The zero-order valence-corrected chi connectivity index (χ0v) is 7.79. The number of azide groups is 1. The van der Waals surface area contributed by atoms with Crippen molar-refractivity contribution in [3.63, 3.8) is 0 Å². The molecule has 74 valence electrons. The summed E-state index contributed by atoms with van der Waals surface area (Å²) in [6.07, 6.45) is 3.78. The molecule has 1 aliphatic rings. The number of nitrogens with zero attached hydrogens (tertiary/aromatic N) is 3. The normalized spacial score (nSPS) is 16.7. The Balaban J connectivity index is 2.18. The van der Waals surface area contributed by atoms with Crippen molar-refractivity contribution in [3.8, 4) is 0 Å². The number of amides is 2. The fourth-order valence-corrected chi connectivity index (χ4v) is 1.58. The van der Waals surface area contributed by atoms with E-state index in [2.05, 4.69) is 15.3 Å². The van der Waals surface area contributed by atoms with Crippen LogP contribution in [-0.2, 0) is 0 Å². The maximum absolute atomic E-state index is 11.0. The molecule has 0 saturated carbocycles. The SMILES string of the molecule is [N-]=[N+]=NC(=O)NC1C=Cc2ccccc21. The molecule has 2 amide bonds. The van der Waals surface area contributed by atoms with Crippen LogP contribution in [0, 0.1) is 0 Å². The van der Waals surface area contributed by atoms with E-state index >= 15 is 0 Å². The molecule has 15 heavy (non-hydrogen) atoms. The molecule has 0 radical (unpaired) electrons. The highest BCUT2D eigenvalue weighted by Gasteiger charge is 2.17. The molecule has 0 heterocycles. The highest BCUT2D eigenvalue weighted by molar-refractivity contribution is 5.77. The fraction of sp³-hybridized carbons (Fsp3) is 0.100. The second-order valence-corrected chi connectivity index (χ2v) is 3.10. The standard InChI is InChI=1S/C10H8N4O/c11-14-13-10(15)12-9-6-5-7-3-1-2-4-8(7)9/h1-6,9H,(H,12,15). The first-order chi connectivity index (χ1) is 7.31. The molecule has 0 spiro atoms. The van der Waals surface area contributed by atoms with E-state index in [1.165, 1.54) is 0 Å². The van der Waals surface area contributed by atoms with Crippen molar-refractivity contribution in [2.75, 3.05) is 0 Å². The molecule has 1 aromatic carbocycles. The number of rotatable bonds is 1. The first-order valence-electron chi connectivity index (χ1n) is 4.44. The molecule has 1 atom stereocenters. The van der Waals surface area contributed by atoms with Crippen molar-refractivity contribution in [2.24, 2.45) is 5.11 Å². The highest BCUT2D eigenvalue weighted by Crippen LogP contribution is 2.27. The van der Waals surface area contributed by atoms with Crippen LogP contribution in [0.15, 0.2) is 35.5 Å². The summed E-state index contributed by atoms with van der Waals surface area (Å²) in [7, 11) is 0. The van der Waals surface area contributed by atoms with Crippen LogP contribution in [0.1, 0.15) is 17.2 Å². The lowest BCUT2D eigenvalue weighted by molar-refractivity contribution is 0.247. The van der Waals surface area contributed by atoms with Crippen molar-refractivity contribution in [3.05, 3.63) is 51.9 Å². The number of carbonyl (C=O) groups is 1. The van der Waals surface area contributed by atoms with Gasteiger partial charge in [-0.05, 0) is 16.7 Å². The van der Waals surface area contributed by atoms with E-state index in [1.54, 1.807) is 0 Å². The number of fused-ring (bicyclic) bond motifs is 1. The maximum Gasteiger partial charge on any atom is 0.308 e. The Morgan fingerprint density at radius 1 is 1.47 bits per heavy atom. The number of hydrogen-bond acceptors (Lipinski definition) is 1. The van der Waals surface area contributed by atoms with E-state index < -0.39 is 6.03 Å². The van der Waals surface area contributed by atoms with E-state index in [4.69, 9.17) is 5.53 Å². The second-order valence-electron chi connectivity index (χ2n) is 3.10. The average molecular weight is 200 g/mol. The van der Waals surface area contributed by atoms with Gasteiger partial charge in [-0.1, -0.05) is 36.4 Å². The van der Waals surface area contributed by atoms with Gasteiger partial charge in [0, 0.05) is 10.0 Å². The minimum absolute atomic E-state index is 0.195. The third-order valence-corrected chi connectivity index (χ3v) is 2.21. The number of nitrogens with one attached hydrogen (secondary N) is 1. The quantitative estimate of drug-likeness (QED) is 0.422. The first-order valence-corrected chi connectivity index (χ1v) is 4.44. The van der Waals surface area contributed by atoms with E-state index in [0.29, 0.717) is 0 Å². The van der Waals surface area contributed by atoms with Gasteiger partial charge in [-0.2, -0.15) is 0 Å². The monoisotopic (exact) mass is 200 g/mol. The lowest BCUT2D eigenvalue weighted by Crippen LogP contribution is -2.22. The minimum atomic E-state index is -0.663. The molecule has 0 bridgehead atoms. The predicted octanol–water partition coefficient (Wildman–Crippen LogP) is 2.77. The molecule has 0 fully saturated rings. The molecule has 1 N–H and O–H groups in total. The van der Waals surface area contributed by atoms with Crippen molar-refractivity contribution in [2.45, 2.75) is 6.04 Å². The molecule has 1 unspecified atom stereocenters. The smallest absolute Gasteiger partial charge is 0.308 e. The lowest BCUT2D eigenvalue weighted by Gasteiger charge is -2.10. The van der Waals surface area contributed by atoms with Crippen molar-refractivity contribution in [1.82, 2.24) is 5.32 Å². The van der Waals surface area contributed by atoms with Crippen LogP contribution in [-0.4, -0.2) is 6.03 Å². The molecule has 5 nitrogen and oxygen atoms in total. The van der Waals surface area contributed by atoms with Crippen LogP contribution in [0.4, 0.5) is 4.79 Å². The second kappa shape index (κ2) is 3.86. The molecular formula is C10H8N4O. The Kier molecular flexibility index (Phi) is 2.39. The van der Waals surface area contributed by atoms with Gasteiger partial charge < -0.3 is 5.32 Å². The summed E-state index contributed by atoms with van der Waals surface area (Å²) in [6, 6.07) is 6.87. The van der Waals surface area contributed by atoms with Gasteiger partial charge in [-0.15, -0.1) is 0 Å². The molecule has 1 aromatic rings. The zero-order valence-electron chi connectivity index (χ0n) is 7.79. The minimum Gasteiger partial charge on any atom is -0.340 e. The molecule has 0 aromatic heterocycles.